The zero-order valence-electron chi connectivity index (χ0n) is 11.9. The van der Waals surface area contributed by atoms with Crippen LogP contribution in [0.1, 0.15) is 10.4 Å². The summed E-state index contributed by atoms with van der Waals surface area (Å²) in [5.41, 5.74) is 1.93. The fourth-order valence-electron chi connectivity index (χ4n) is 2.10. The smallest absolute Gasteiger partial charge is 0.257 e. The van der Waals surface area contributed by atoms with Gasteiger partial charge in [-0.15, -0.1) is 11.3 Å². The van der Waals surface area contributed by atoms with Gasteiger partial charge in [0.1, 0.15) is 5.75 Å². The van der Waals surface area contributed by atoms with Gasteiger partial charge in [-0.1, -0.05) is 12.1 Å². The number of ether oxygens (including phenoxy) is 1. The van der Waals surface area contributed by atoms with Crippen molar-refractivity contribution in [2.24, 2.45) is 0 Å². The lowest BCUT2D eigenvalue weighted by molar-refractivity contribution is 0.102. The molecular weight excluding hydrogens is 296 g/mol. The average Bonchev–Trinajstić information content (AvgIpc) is 3.09. The number of aromatic nitrogens is 1. The number of nitrogens with zero attached hydrogens (tertiary/aromatic N) is 1. The van der Waals surface area contributed by atoms with Gasteiger partial charge in [-0.25, -0.2) is 0 Å². The van der Waals surface area contributed by atoms with Crippen molar-refractivity contribution < 1.29 is 9.53 Å². The number of methoxy groups -OCH3 is 1. The highest BCUT2D eigenvalue weighted by atomic mass is 32.1. The third-order valence-corrected chi connectivity index (χ3v) is 4.01. The number of benzene rings is 1. The van der Waals surface area contributed by atoms with Crippen LogP contribution in [0.15, 0.2) is 60.1 Å². The number of anilines is 1. The monoisotopic (exact) mass is 310 g/mol. The minimum Gasteiger partial charge on any atom is -0.497 e. The van der Waals surface area contributed by atoms with E-state index >= 15 is 0 Å². The van der Waals surface area contributed by atoms with Crippen molar-refractivity contribution in [1.82, 2.24) is 4.98 Å². The van der Waals surface area contributed by atoms with E-state index in [9.17, 15) is 4.79 Å². The lowest BCUT2D eigenvalue weighted by Gasteiger charge is -2.09. The summed E-state index contributed by atoms with van der Waals surface area (Å²) >= 11 is 1.56. The summed E-state index contributed by atoms with van der Waals surface area (Å²) in [7, 11) is 1.59. The van der Waals surface area contributed by atoms with E-state index in [1.807, 2.05) is 35.7 Å². The number of nitrogens with one attached hydrogen (secondary N) is 1. The first kappa shape index (κ1) is 14.3. The Balaban J connectivity index is 1.89. The van der Waals surface area contributed by atoms with Crippen molar-refractivity contribution >= 4 is 22.9 Å². The van der Waals surface area contributed by atoms with E-state index in [1.165, 1.54) is 0 Å². The number of thiophene rings is 1. The molecule has 0 aliphatic heterocycles. The maximum absolute atomic E-state index is 12.5. The molecule has 0 unspecified atom stereocenters. The first-order valence-corrected chi connectivity index (χ1v) is 7.60. The van der Waals surface area contributed by atoms with Crippen LogP contribution in [0.25, 0.3) is 10.6 Å². The van der Waals surface area contributed by atoms with Crippen molar-refractivity contribution in [3.05, 3.63) is 65.7 Å². The normalized spacial score (nSPS) is 10.2. The highest BCUT2D eigenvalue weighted by molar-refractivity contribution is 7.13. The molecule has 0 radical (unpaired) electrons. The zero-order valence-corrected chi connectivity index (χ0v) is 12.8. The van der Waals surface area contributed by atoms with Crippen LogP contribution < -0.4 is 10.1 Å². The topological polar surface area (TPSA) is 51.2 Å². The summed E-state index contributed by atoms with van der Waals surface area (Å²) < 4.78 is 5.16. The molecule has 4 nitrogen and oxygen atoms in total. The van der Waals surface area contributed by atoms with Gasteiger partial charge >= 0.3 is 0 Å². The van der Waals surface area contributed by atoms with Gasteiger partial charge in [-0.2, -0.15) is 0 Å². The molecule has 0 saturated carbocycles. The second-order valence-corrected chi connectivity index (χ2v) is 5.51. The SMILES string of the molecule is COc1cccc(NC(=O)c2cccnc2-c2cccs2)c1. The van der Waals surface area contributed by atoms with Crippen LogP contribution in [0.4, 0.5) is 5.69 Å². The Labute approximate surface area is 132 Å². The van der Waals surface area contributed by atoms with E-state index in [0.29, 0.717) is 22.7 Å². The van der Waals surface area contributed by atoms with Crippen molar-refractivity contribution in [2.45, 2.75) is 0 Å². The molecule has 3 aromatic rings. The molecule has 1 amide bonds. The molecule has 0 aliphatic carbocycles. The minimum atomic E-state index is -0.190. The van der Waals surface area contributed by atoms with Crippen LogP contribution >= 0.6 is 11.3 Å². The van der Waals surface area contributed by atoms with Gasteiger partial charge < -0.3 is 10.1 Å². The van der Waals surface area contributed by atoms with E-state index in [4.69, 9.17) is 4.74 Å². The van der Waals surface area contributed by atoms with E-state index in [-0.39, 0.29) is 5.91 Å². The molecule has 0 atom stereocenters. The zero-order chi connectivity index (χ0) is 15.4. The third kappa shape index (κ3) is 2.99. The first-order valence-electron chi connectivity index (χ1n) is 6.72. The van der Waals surface area contributed by atoms with Crippen LogP contribution in [-0.4, -0.2) is 18.0 Å². The van der Waals surface area contributed by atoms with Gasteiger partial charge in [0.05, 0.1) is 23.2 Å². The molecule has 1 N–H and O–H groups in total. The Kier molecular flexibility index (Phi) is 4.16. The van der Waals surface area contributed by atoms with E-state index in [0.717, 1.165) is 4.88 Å². The molecule has 3 rings (SSSR count). The Morgan fingerprint density at radius 1 is 1.18 bits per heavy atom. The summed E-state index contributed by atoms with van der Waals surface area (Å²) in [6.45, 7) is 0. The standard InChI is InChI=1S/C17H14N2O2S/c1-21-13-6-2-5-12(11-13)19-17(20)14-7-3-9-18-16(14)15-8-4-10-22-15/h2-11H,1H3,(H,19,20). The summed E-state index contributed by atoms with van der Waals surface area (Å²) in [4.78, 5) is 17.9. The lowest BCUT2D eigenvalue weighted by Crippen LogP contribution is -2.13. The number of hydrogen-bond donors (Lipinski definition) is 1. The molecule has 0 fully saturated rings. The predicted molar refractivity (Wildman–Crippen MR) is 88.5 cm³/mol. The number of rotatable bonds is 4. The van der Waals surface area contributed by atoms with Crippen LogP contribution in [0, 0.1) is 0 Å². The average molecular weight is 310 g/mol. The fraction of sp³-hybridized carbons (Fsp3) is 0.0588. The molecule has 2 heterocycles. The largest absolute Gasteiger partial charge is 0.497 e. The van der Waals surface area contributed by atoms with Gasteiger partial charge in [0, 0.05) is 18.0 Å². The molecule has 1 aromatic carbocycles. The van der Waals surface area contributed by atoms with Gasteiger partial charge in [-0.3, -0.25) is 9.78 Å². The van der Waals surface area contributed by atoms with Crippen LogP contribution in [0.3, 0.4) is 0 Å². The summed E-state index contributed by atoms with van der Waals surface area (Å²) in [5, 5.41) is 4.85. The van der Waals surface area contributed by atoms with Crippen molar-refractivity contribution in [3.8, 4) is 16.3 Å². The first-order chi connectivity index (χ1) is 10.8. The Hall–Kier alpha value is -2.66. The van der Waals surface area contributed by atoms with Crippen molar-refractivity contribution in [2.75, 3.05) is 12.4 Å². The predicted octanol–water partition coefficient (Wildman–Crippen LogP) is 4.07. The Bertz CT molecular complexity index is 785. The molecule has 110 valence electrons. The Morgan fingerprint density at radius 2 is 2.09 bits per heavy atom. The van der Waals surface area contributed by atoms with E-state index < -0.39 is 0 Å². The number of carbonyl (C=O) groups is 1. The lowest BCUT2D eigenvalue weighted by atomic mass is 10.1. The number of pyridine rings is 1. The van der Waals surface area contributed by atoms with Crippen molar-refractivity contribution in [1.29, 1.82) is 0 Å². The molecular formula is C17H14N2O2S. The second kappa shape index (κ2) is 6.41. The van der Waals surface area contributed by atoms with Gasteiger partial charge in [0.25, 0.3) is 5.91 Å². The number of hydrogen-bond acceptors (Lipinski definition) is 4. The molecule has 22 heavy (non-hydrogen) atoms. The molecule has 0 bridgehead atoms. The maximum Gasteiger partial charge on any atom is 0.257 e. The Morgan fingerprint density at radius 3 is 2.86 bits per heavy atom. The van der Waals surface area contributed by atoms with Crippen molar-refractivity contribution in [3.63, 3.8) is 0 Å². The molecule has 5 heteroatoms. The summed E-state index contributed by atoms with van der Waals surface area (Å²) in [5.74, 6) is 0.507. The molecule has 2 aromatic heterocycles. The molecule has 0 aliphatic rings. The fourth-order valence-corrected chi connectivity index (χ4v) is 2.83. The summed E-state index contributed by atoms with van der Waals surface area (Å²) in [6, 6.07) is 14.7. The van der Waals surface area contributed by atoms with Crippen LogP contribution in [0.5, 0.6) is 5.75 Å². The van der Waals surface area contributed by atoms with Gasteiger partial charge in [-0.05, 0) is 35.7 Å². The maximum atomic E-state index is 12.5. The highest BCUT2D eigenvalue weighted by Crippen LogP contribution is 2.26. The van der Waals surface area contributed by atoms with Crippen LogP contribution in [-0.2, 0) is 0 Å². The quantitative estimate of drug-likeness (QED) is 0.790. The van der Waals surface area contributed by atoms with E-state index in [1.54, 1.807) is 42.8 Å². The second-order valence-electron chi connectivity index (χ2n) is 4.56. The highest BCUT2D eigenvalue weighted by Gasteiger charge is 2.14. The molecule has 0 spiro atoms. The minimum absolute atomic E-state index is 0.190. The van der Waals surface area contributed by atoms with E-state index in [2.05, 4.69) is 10.3 Å². The van der Waals surface area contributed by atoms with Crippen LogP contribution in [0.2, 0.25) is 0 Å². The van der Waals surface area contributed by atoms with Gasteiger partial charge in [0.15, 0.2) is 0 Å². The summed E-state index contributed by atoms with van der Waals surface area (Å²) in [6.07, 6.45) is 1.69. The number of carbonyl (C=O) groups excluding carboxylic acids is 1. The third-order valence-electron chi connectivity index (χ3n) is 3.13. The molecule has 0 saturated heterocycles. The van der Waals surface area contributed by atoms with Gasteiger partial charge in [0.2, 0.25) is 0 Å². The number of amides is 1.